The van der Waals surface area contributed by atoms with Gasteiger partial charge in [-0.25, -0.2) is 0 Å². The molecule has 2 heterocycles. The Morgan fingerprint density at radius 1 is 1.50 bits per heavy atom. The van der Waals surface area contributed by atoms with Gasteiger partial charge in [0.25, 0.3) is 0 Å². The number of thiophene rings is 1. The highest BCUT2D eigenvalue weighted by molar-refractivity contribution is 14.0. The lowest BCUT2D eigenvalue weighted by molar-refractivity contribution is -0.123. The van der Waals surface area contributed by atoms with Crippen LogP contribution in [0.2, 0.25) is 0 Å². The number of carbonyl (C=O) groups is 1. The highest BCUT2D eigenvalue weighted by Gasteiger charge is 2.23. The van der Waals surface area contributed by atoms with Gasteiger partial charge in [-0.3, -0.25) is 9.79 Å². The van der Waals surface area contributed by atoms with Gasteiger partial charge in [0.1, 0.15) is 0 Å². The molecule has 26 heavy (non-hydrogen) atoms. The summed E-state index contributed by atoms with van der Waals surface area (Å²) in [6.07, 6.45) is 3.01. The van der Waals surface area contributed by atoms with Gasteiger partial charge in [0.05, 0.1) is 5.92 Å². The predicted molar refractivity (Wildman–Crippen MR) is 120 cm³/mol. The van der Waals surface area contributed by atoms with Crippen molar-refractivity contribution in [2.75, 3.05) is 39.8 Å². The second-order valence-electron chi connectivity index (χ2n) is 6.69. The van der Waals surface area contributed by atoms with Crippen molar-refractivity contribution in [1.82, 2.24) is 15.5 Å². The maximum absolute atomic E-state index is 11.3. The fourth-order valence-corrected chi connectivity index (χ4v) is 3.93. The SMILES string of the molecule is CN=C(NCCCN1CCCC(C(N)=O)C1)NCC(C)c1cccs1.I. The first-order valence-corrected chi connectivity index (χ1v) is 9.97. The summed E-state index contributed by atoms with van der Waals surface area (Å²) < 4.78 is 0. The highest BCUT2D eigenvalue weighted by atomic mass is 127. The summed E-state index contributed by atoms with van der Waals surface area (Å²) in [7, 11) is 1.80. The lowest BCUT2D eigenvalue weighted by atomic mass is 9.97. The summed E-state index contributed by atoms with van der Waals surface area (Å²) in [5.74, 6) is 1.18. The van der Waals surface area contributed by atoms with Crippen LogP contribution in [0.4, 0.5) is 0 Å². The van der Waals surface area contributed by atoms with Crippen LogP contribution in [0.15, 0.2) is 22.5 Å². The molecule has 4 N–H and O–H groups in total. The van der Waals surface area contributed by atoms with E-state index in [4.69, 9.17) is 5.73 Å². The fraction of sp³-hybridized carbons (Fsp3) is 0.667. The van der Waals surface area contributed by atoms with Crippen molar-refractivity contribution < 1.29 is 4.79 Å². The zero-order valence-electron chi connectivity index (χ0n) is 15.7. The van der Waals surface area contributed by atoms with E-state index < -0.39 is 0 Å². The van der Waals surface area contributed by atoms with Crippen LogP contribution in [0.5, 0.6) is 0 Å². The number of likely N-dealkylation sites (tertiary alicyclic amines) is 1. The molecule has 1 amide bonds. The minimum atomic E-state index is -0.160. The van der Waals surface area contributed by atoms with E-state index in [-0.39, 0.29) is 35.8 Å². The quantitative estimate of drug-likeness (QED) is 0.225. The standard InChI is InChI=1S/C18H31N5OS.HI/c1-14(16-7-4-11-25-16)12-22-18(20-2)21-8-5-10-23-9-3-6-15(13-23)17(19)24;/h4,7,11,14-15H,3,5-6,8-10,12-13H2,1-2H3,(H2,19,24)(H2,20,21,22);1H. The predicted octanol–water partition coefficient (Wildman–Crippen LogP) is 2.22. The molecule has 2 atom stereocenters. The molecule has 1 saturated heterocycles. The molecule has 1 aromatic rings. The zero-order chi connectivity index (χ0) is 18.1. The molecule has 8 heteroatoms. The average Bonchev–Trinajstić information content (AvgIpc) is 3.16. The molecule has 0 bridgehead atoms. The summed E-state index contributed by atoms with van der Waals surface area (Å²) in [6.45, 7) is 6.81. The van der Waals surface area contributed by atoms with Gasteiger partial charge in [-0.05, 0) is 43.8 Å². The lowest BCUT2D eigenvalue weighted by Crippen LogP contribution is -2.43. The number of nitrogens with one attached hydrogen (secondary N) is 2. The number of hydrogen-bond acceptors (Lipinski definition) is 4. The molecule has 2 unspecified atom stereocenters. The van der Waals surface area contributed by atoms with E-state index in [1.807, 2.05) is 0 Å². The van der Waals surface area contributed by atoms with Crippen LogP contribution in [0, 0.1) is 5.92 Å². The Morgan fingerprint density at radius 3 is 2.96 bits per heavy atom. The number of rotatable bonds is 8. The minimum absolute atomic E-state index is 0. The molecular weight excluding hydrogens is 461 g/mol. The van der Waals surface area contributed by atoms with Gasteiger partial charge in [0.15, 0.2) is 5.96 Å². The molecule has 0 spiro atoms. The summed E-state index contributed by atoms with van der Waals surface area (Å²) in [4.78, 5) is 19.3. The Bertz CT molecular complexity index is 552. The Balaban J connectivity index is 0.00000338. The number of carbonyl (C=O) groups excluding carboxylic acids is 1. The van der Waals surface area contributed by atoms with E-state index in [0.29, 0.717) is 5.92 Å². The smallest absolute Gasteiger partial charge is 0.221 e. The average molecular weight is 493 g/mol. The molecule has 148 valence electrons. The van der Waals surface area contributed by atoms with E-state index in [2.05, 4.69) is 45.0 Å². The van der Waals surface area contributed by atoms with Crippen molar-refractivity contribution in [1.29, 1.82) is 0 Å². The Morgan fingerprint density at radius 2 is 2.31 bits per heavy atom. The molecule has 1 aliphatic rings. The normalized spacial score (nSPS) is 19.5. The van der Waals surface area contributed by atoms with Gasteiger partial charge >= 0.3 is 0 Å². The van der Waals surface area contributed by atoms with Crippen LogP contribution >= 0.6 is 35.3 Å². The van der Waals surface area contributed by atoms with Gasteiger partial charge in [0, 0.05) is 37.5 Å². The molecular formula is C18H32IN5OS. The summed E-state index contributed by atoms with van der Waals surface area (Å²) >= 11 is 1.79. The van der Waals surface area contributed by atoms with E-state index in [1.165, 1.54) is 4.88 Å². The molecule has 2 rings (SSSR count). The Kier molecular flexibility index (Phi) is 11.1. The number of nitrogens with zero attached hydrogens (tertiary/aromatic N) is 2. The van der Waals surface area contributed by atoms with Gasteiger partial charge < -0.3 is 21.3 Å². The van der Waals surface area contributed by atoms with Crippen LogP contribution in [0.1, 0.15) is 37.0 Å². The van der Waals surface area contributed by atoms with Crippen molar-refractivity contribution in [2.45, 2.75) is 32.1 Å². The van der Waals surface area contributed by atoms with Gasteiger partial charge in [0.2, 0.25) is 5.91 Å². The number of primary amides is 1. The first-order chi connectivity index (χ1) is 12.1. The molecule has 1 aliphatic heterocycles. The maximum Gasteiger partial charge on any atom is 0.221 e. The summed E-state index contributed by atoms with van der Waals surface area (Å²) in [6, 6.07) is 4.26. The molecule has 1 fully saturated rings. The van der Waals surface area contributed by atoms with Crippen LogP contribution in [-0.2, 0) is 4.79 Å². The number of halogens is 1. The van der Waals surface area contributed by atoms with Crippen LogP contribution in [0.3, 0.4) is 0 Å². The lowest BCUT2D eigenvalue weighted by Gasteiger charge is -2.31. The van der Waals surface area contributed by atoms with Crippen LogP contribution < -0.4 is 16.4 Å². The molecule has 1 aromatic heterocycles. The van der Waals surface area contributed by atoms with Crippen LogP contribution in [0.25, 0.3) is 0 Å². The highest BCUT2D eigenvalue weighted by Crippen LogP contribution is 2.19. The third-order valence-electron chi connectivity index (χ3n) is 4.68. The number of aliphatic imine (C=N–C) groups is 1. The zero-order valence-corrected chi connectivity index (χ0v) is 18.9. The third-order valence-corrected chi connectivity index (χ3v) is 5.78. The number of guanidine groups is 1. The van der Waals surface area contributed by atoms with E-state index >= 15 is 0 Å². The van der Waals surface area contributed by atoms with Crippen molar-refractivity contribution in [3.8, 4) is 0 Å². The first kappa shape index (κ1) is 23.2. The molecule has 0 aromatic carbocycles. The van der Waals surface area contributed by atoms with Crippen molar-refractivity contribution in [3.63, 3.8) is 0 Å². The van der Waals surface area contributed by atoms with Crippen molar-refractivity contribution >= 4 is 47.2 Å². The Labute approximate surface area is 178 Å². The second kappa shape index (κ2) is 12.5. The fourth-order valence-electron chi connectivity index (χ4n) is 3.14. The van der Waals surface area contributed by atoms with Gasteiger partial charge in [-0.15, -0.1) is 35.3 Å². The maximum atomic E-state index is 11.3. The number of hydrogen-bond donors (Lipinski definition) is 3. The number of nitrogens with two attached hydrogens (primary N) is 1. The summed E-state index contributed by atoms with van der Waals surface area (Å²) in [5.41, 5.74) is 5.43. The van der Waals surface area contributed by atoms with E-state index in [9.17, 15) is 4.79 Å². The number of piperidine rings is 1. The summed E-state index contributed by atoms with van der Waals surface area (Å²) in [5, 5.41) is 8.87. The molecule has 0 aliphatic carbocycles. The topological polar surface area (TPSA) is 82.8 Å². The van der Waals surface area contributed by atoms with Gasteiger partial charge in [-0.1, -0.05) is 13.0 Å². The van der Waals surface area contributed by atoms with Crippen LogP contribution in [-0.4, -0.2) is 56.5 Å². The van der Waals surface area contributed by atoms with E-state index in [0.717, 1.165) is 57.9 Å². The van der Waals surface area contributed by atoms with Gasteiger partial charge in [-0.2, -0.15) is 0 Å². The molecule has 0 radical (unpaired) electrons. The molecule has 0 saturated carbocycles. The number of amides is 1. The Hall–Kier alpha value is -0.870. The van der Waals surface area contributed by atoms with Crippen molar-refractivity contribution in [2.24, 2.45) is 16.6 Å². The van der Waals surface area contributed by atoms with E-state index in [1.54, 1.807) is 18.4 Å². The van der Waals surface area contributed by atoms with Crippen molar-refractivity contribution in [3.05, 3.63) is 22.4 Å². The minimum Gasteiger partial charge on any atom is -0.369 e. The first-order valence-electron chi connectivity index (χ1n) is 9.09. The molecule has 6 nitrogen and oxygen atoms in total. The second-order valence-corrected chi connectivity index (χ2v) is 7.67. The largest absolute Gasteiger partial charge is 0.369 e. The third kappa shape index (κ3) is 7.79. The monoisotopic (exact) mass is 493 g/mol.